The largest absolute Gasteiger partial charge is 0.480 e. The average Bonchev–Trinajstić information content (AvgIpc) is 2.00. The third-order valence-electron chi connectivity index (χ3n) is 1.46. The molecule has 0 aliphatic heterocycles. The van der Waals surface area contributed by atoms with Crippen LogP contribution in [0.2, 0.25) is 0 Å². The van der Waals surface area contributed by atoms with E-state index in [-0.39, 0.29) is 0 Å². The molecule has 5 heteroatoms. The molecule has 1 unspecified atom stereocenters. The second-order valence-corrected chi connectivity index (χ2v) is 3.35. The van der Waals surface area contributed by atoms with Gasteiger partial charge in [0, 0.05) is 0 Å². The number of carboxylic acid groups (broad SMARTS) is 1. The van der Waals surface area contributed by atoms with Crippen molar-refractivity contribution in [1.29, 1.82) is 0 Å². The monoisotopic (exact) mass is 179 g/mol. The lowest BCUT2D eigenvalue weighted by Gasteiger charge is -2.20. The van der Waals surface area contributed by atoms with Gasteiger partial charge in [0.2, 0.25) is 0 Å². The number of aliphatic hydroxyl groups is 1. The first-order valence-corrected chi connectivity index (χ1v) is 4.58. The summed E-state index contributed by atoms with van der Waals surface area (Å²) < 4.78 is 0. The summed E-state index contributed by atoms with van der Waals surface area (Å²) in [6.07, 6.45) is 2.15. The Balaban J connectivity index is 3.99. The summed E-state index contributed by atoms with van der Waals surface area (Å²) >= 11 is 1.51. The number of aliphatic hydroxyl groups excluding tert-OH is 1. The molecule has 0 fully saturated rings. The van der Waals surface area contributed by atoms with Crippen LogP contribution in [0.3, 0.4) is 0 Å². The van der Waals surface area contributed by atoms with Gasteiger partial charge in [-0.15, -0.1) is 0 Å². The lowest BCUT2D eigenvalue weighted by molar-refractivity contribution is -0.145. The Labute approximate surface area is 69.8 Å². The zero-order valence-electron chi connectivity index (χ0n) is 6.41. The Morgan fingerprint density at radius 1 is 1.73 bits per heavy atom. The number of carbonyl (C=O) groups is 1. The van der Waals surface area contributed by atoms with Crippen LogP contribution in [0.25, 0.3) is 0 Å². The van der Waals surface area contributed by atoms with Crippen molar-refractivity contribution in [2.45, 2.75) is 12.0 Å². The maximum Gasteiger partial charge on any atom is 0.326 e. The fourth-order valence-corrected chi connectivity index (χ4v) is 1.11. The average molecular weight is 179 g/mol. The minimum Gasteiger partial charge on any atom is -0.480 e. The van der Waals surface area contributed by atoms with E-state index in [1.54, 1.807) is 0 Å². The van der Waals surface area contributed by atoms with Crippen molar-refractivity contribution < 1.29 is 15.0 Å². The maximum absolute atomic E-state index is 10.5. The topological polar surface area (TPSA) is 83.5 Å². The van der Waals surface area contributed by atoms with E-state index in [9.17, 15) is 4.79 Å². The van der Waals surface area contributed by atoms with Crippen molar-refractivity contribution in [3.63, 3.8) is 0 Å². The van der Waals surface area contributed by atoms with Gasteiger partial charge >= 0.3 is 5.97 Å². The zero-order valence-corrected chi connectivity index (χ0v) is 7.23. The van der Waals surface area contributed by atoms with Crippen LogP contribution < -0.4 is 5.73 Å². The second-order valence-electron chi connectivity index (χ2n) is 2.36. The SMILES string of the molecule is CSCCC(N)(CO)C(=O)O. The van der Waals surface area contributed by atoms with E-state index in [0.29, 0.717) is 12.2 Å². The molecule has 0 radical (unpaired) electrons. The molecule has 0 spiro atoms. The van der Waals surface area contributed by atoms with Crippen LogP contribution in [-0.2, 0) is 4.79 Å². The quantitative estimate of drug-likeness (QED) is 0.530. The van der Waals surface area contributed by atoms with Gasteiger partial charge in [-0.05, 0) is 18.4 Å². The molecule has 1 atom stereocenters. The van der Waals surface area contributed by atoms with Crippen molar-refractivity contribution in [3.05, 3.63) is 0 Å². The summed E-state index contributed by atoms with van der Waals surface area (Å²) in [4.78, 5) is 10.5. The highest BCUT2D eigenvalue weighted by molar-refractivity contribution is 7.98. The van der Waals surface area contributed by atoms with Gasteiger partial charge in [-0.3, -0.25) is 4.79 Å². The smallest absolute Gasteiger partial charge is 0.326 e. The lowest BCUT2D eigenvalue weighted by atomic mass is 9.99. The molecular formula is C6H13NO3S. The van der Waals surface area contributed by atoms with Crippen LogP contribution in [0.5, 0.6) is 0 Å². The van der Waals surface area contributed by atoms with Crippen LogP contribution >= 0.6 is 11.8 Å². The van der Waals surface area contributed by atoms with E-state index in [0.717, 1.165) is 0 Å². The van der Waals surface area contributed by atoms with Gasteiger partial charge in [-0.25, -0.2) is 0 Å². The molecule has 0 aromatic heterocycles. The fraction of sp³-hybridized carbons (Fsp3) is 0.833. The number of aliphatic carboxylic acids is 1. The standard InChI is InChI=1S/C6H13NO3S/c1-11-3-2-6(7,4-8)5(9)10/h8H,2-4,7H2,1H3,(H,9,10). The van der Waals surface area contributed by atoms with Crippen molar-refractivity contribution >= 4 is 17.7 Å². The predicted octanol–water partition coefficient (Wildman–Crippen LogP) is -0.486. The van der Waals surface area contributed by atoms with Crippen molar-refractivity contribution in [2.24, 2.45) is 5.73 Å². The van der Waals surface area contributed by atoms with E-state index in [1.807, 2.05) is 6.26 Å². The molecule has 0 aromatic rings. The third-order valence-corrected chi connectivity index (χ3v) is 2.07. The highest BCUT2D eigenvalue weighted by Gasteiger charge is 2.32. The number of thioether (sulfide) groups is 1. The van der Waals surface area contributed by atoms with E-state index in [1.165, 1.54) is 11.8 Å². The highest BCUT2D eigenvalue weighted by atomic mass is 32.2. The summed E-state index contributed by atoms with van der Waals surface area (Å²) in [5, 5.41) is 17.2. The molecule has 4 nitrogen and oxygen atoms in total. The molecule has 0 aliphatic rings. The summed E-state index contributed by atoms with van der Waals surface area (Å²) in [5.74, 6) is -0.502. The van der Waals surface area contributed by atoms with Gasteiger partial charge in [0.1, 0.15) is 5.54 Å². The zero-order chi connectivity index (χ0) is 8.91. The van der Waals surface area contributed by atoms with E-state index < -0.39 is 18.1 Å². The molecule has 0 aromatic carbocycles. The van der Waals surface area contributed by atoms with Crippen LogP contribution in [-0.4, -0.2) is 40.3 Å². The predicted molar refractivity (Wildman–Crippen MR) is 44.6 cm³/mol. The molecule has 0 amide bonds. The molecule has 66 valence electrons. The number of hydrogen-bond donors (Lipinski definition) is 3. The molecule has 0 heterocycles. The van der Waals surface area contributed by atoms with Crippen molar-refractivity contribution in [1.82, 2.24) is 0 Å². The van der Waals surface area contributed by atoms with Crippen LogP contribution in [0.1, 0.15) is 6.42 Å². The Morgan fingerprint density at radius 3 is 2.55 bits per heavy atom. The third kappa shape index (κ3) is 3.09. The van der Waals surface area contributed by atoms with Gasteiger partial charge < -0.3 is 15.9 Å². The van der Waals surface area contributed by atoms with Gasteiger partial charge in [-0.1, -0.05) is 0 Å². The minimum absolute atomic E-state index is 0.292. The van der Waals surface area contributed by atoms with E-state index in [2.05, 4.69) is 0 Å². The highest BCUT2D eigenvalue weighted by Crippen LogP contribution is 2.09. The summed E-state index contributed by atoms with van der Waals surface area (Å²) in [5.41, 5.74) is 3.91. The molecule has 11 heavy (non-hydrogen) atoms. The first-order chi connectivity index (χ1) is 5.06. The summed E-state index contributed by atoms with van der Waals surface area (Å²) in [7, 11) is 0. The number of rotatable bonds is 5. The van der Waals surface area contributed by atoms with Crippen LogP contribution in [0.15, 0.2) is 0 Å². The van der Waals surface area contributed by atoms with E-state index >= 15 is 0 Å². The molecule has 4 N–H and O–H groups in total. The molecule has 0 rings (SSSR count). The van der Waals surface area contributed by atoms with Gasteiger partial charge in [0.25, 0.3) is 0 Å². The molecule has 0 aliphatic carbocycles. The number of hydrogen-bond acceptors (Lipinski definition) is 4. The normalized spacial score (nSPS) is 15.9. The van der Waals surface area contributed by atoms with Gasteiger partial charge in [0.15, 0.2) is 0 Å². The maximum atomic E-state index is 10.5. The Morgan fingerprint density at radius 2 is 2.27 bits per heavy atom. The van der Waals surface area contributed by atoms with Crippen molar-refractivity contribution in [3.8, 4) is 0 Å². The Hall–Kier alpha value is -0.260. The molecule has 0 bridgehead atoms. The minimum atomic E-state index is -1.46. The van der Waals surface area contributed by atoms with E-state index in [4.69, 9.17) is 15.9 Å². The fourth-order valence-electron chi connectivity index (χ4n) is 0.538. The lowest BCUT2D eigenvalue weighted by Crippen LogP contribution is -2.51. The Bertz CT molecular complexity index is 142. The summed E-state index contributed by atoms with van der Waals surface area (Å²) in [6, 6.07) is 0. The first kappa shape index (κ1) is 10.7. The van der Waals surface area contributed by atoms with Crippen LogP contribution in [0, 0.1) is 0 Å². The molecular weight excluding hydrogens is 166 g/mol. The molecule has 0 saturated carbocycles. The first-order valence-electron chi connectivity index (χ1n) is 3.19. The Kier molecular flexibility index (Phi) is 4.48. The van der Waals surface area contributed by atoms with Crippen LogP contribution in [0.4, 0.5) is 0 Å². The number of carboxylic acids is 1. The van der Waals surface area contributed by atoms with Crippen molar-refractivity contribution in [2.75, 3.05) is 18.6 Å². The van der Waals surface area contributed by atoms with Gasteiger partial charge in [0.05, 0.1) is 6.61 Å². The van der Waals surface area contributed by atoms with Gasteiger partial charge in [-0.2, -0.15) is 11.8 Å². The molecule has 0 saturated heterocycles. The summed E-state index contributed by atoms with van der Waals surface area (Å²) in [6.45, 7) is -0.511. The second kappa shape index (κ2) is 4.58. The number of nitrogens with two attached hydrogens (primary N) is 1.